The Labute approximate surface area is 115 Å². The highest BCUT2D eigenvalue weighted by Gasteiger charge is 2.22. The van der Waals surface area contributed by atoms with Crippen molar-refractivity contribution in [3.63, 3.8) is 0 Å². The van der Waals surface area contributed by atoms with E-state index in [1.165, 1.54) is 12.1 Å². The first-order chi connectivity index (χ1) is 9.69. The molecular weight excluding hydrogens is 259 g/mol. The number of hydrogen-bond acceptors (Lipinski definition) is 4. The molecule has 0 radical (unpaired) electrons. The minimum Gasteiger partial charge on any atom is -0.409 e. The molecule has 2 aromatic rings. The first-order valence-corrected chi connectivity index (χ1v) is 6.20. The predicted octanol–water partition coefficient (Wildman–Crippen LogP) is 2.01. The van der Waals surface area contributed by atoms with Gasteiger partial charge in [0.05, 0.1) is 0 Å². The fourth-order valence-corrected chi connectivity index (χ4v) is 2.36. The molecule has 0 atom stereocenters. The topological polar surface area (TPSA) is 74.7 Å². The average molecular weight is 272 g/mol. The van der Waals surface area contributed by atoms with E-state index in [2.05, 4.69) is 10.1 Å². The third kappa shape index (κ3) is 2.05. The fraction of sp³-hybridized carbons (Fsp3) is 0.143. The van der Waals surface area contributed by atoms with Crippen LogP contribution in [0.1, 0.15) is 11.3 Å². The van der Waals surface area contributed by atoms with Crippen molar-refractivity contribution in [2.75, 3.05) is 11.4 Å². The number of fused-ring (bicyclic) bond motifs is 1. The number of nitrogens with zero attached hydrogens (tertiary/aromatic N) is 3. The molecule has 1 aliphatic heterocycles. The molecule has 0 saturated carbocycles. The van der Waals surface area contributed by atoms with Gasteiger partial charge in [-0.15, -0.1) is 0 Å². The Balaban J connectivity index is 2.02. The smallest absolute Gasteiger partial charge is 0.188 e. The normalized spacial score (nSPS) is 14.4. The van der Waals surface area contributed by atoms with Gasteiger partial charge in [0.1, 0.15) is 17.3 Å². The Hall–Kier alpha value is -2.63. The lowest BCUT2D eigenvalue weighted by molar-refractivity contribution is 0.318. The van der Waals surface area contributed by atoms with Crippen LogP contribution in [-0.4, -0.2) is 22.6 Å². The fourth-order valence-electron chi connectivity index (χ4n) is 2.36. The minimum atomic E-state index is -0.275. The number of benzene rings is 1. The number of halogens is 1. The molecule has 1 aromatic heterocycles. The van der Waals surface area contributed by atoms with Crippen LogP contribution in [0.2, 0.25) is 0 Å². The lowest BCUT2D eigenvalue weighted by Crippen LogP contribution is -2.19. The van der Waals surface area contributed by atoms with Crippen LogP contribution < -0.4 is 10.6 Å². The van der Waals surface area contributed by atoms with Crippen molar-refractivity contribution in [2.45, 2.75) is 6.42 Å². The zero-order chi connectivity index (χ0) is 14.1. The number of hydrogen-bond donors (Lipinski definition) is 2. The van der Waals surface area contributed by atoms with Gasteiger partial charge in [-0.05, 0) is 36.2 Å². The molecule has 0 unspecified atom stereocenters. The summed E-state index contributed by atoms with van der Waals surface area (Å²) in [6.45, 7) is 0.728. The highest BCUT2D eigenvalue weighted by molar-refractivity contribution is 5.95. The highest BCUT2D eigenvalue weighted by Crippen LogP contribution is 2.33. The second kappa shape index (κ2) is 4.80. The minimum absolute atomic E-state index is 0.0505. The van der Waals surface area contributed by atoms with Crippen LogP contribution in [0, 0.1) is 5.82 Å². The Kier molecular flexibility index (Phi) is 2.98. The molecule has 3 N–H and O–H groups in total. The van der Waals surface area contributed by atoms with Crippen LogP contribution in [0.3, 0.4) is 0 Å². The van der Waals surface area contributed by atoms with Gasteiger partial charge in [-0.2, -0.15) is 0 Å². The Morgan fingerprint density at radius 3 is 3.00 bits per heavy atom. The monoisotopic (exact) mass is 272 g/mol. The summed E-state index contributed by atoms with van der Waals surface area (Å²) >= 11 is 0. The molecule has 0 aliphatic carbocycles. The number of rotatable bonds is 2. The zero-order valence-corrected chi connectivity index (χ0v) is 10.6. The van der Waals surface area contributed by atoms with Crippen LogP contribution in [0.4, 0.5) is 15.9 Å². The molecule has 0 spiro atoms. The molecule has 102 valence electrons. The van der Waals surface area contributed by atoms with E-state index in [-0.39, 0.29) is 11.7 Å². The summed E-state index contributed by atoms with van der Waals surface area (Å²) in [4.78, 5) is 6.26. The van der Waals surface area contributed by atoms with E-state index in [4.69, 9.17) is 10.9 Å². The molecule has 20 heavy (non-hydrogen) atoms. The maximum absolute atomic E-state index is 13.4. The maximum Gasteiger partial charge on any atom is 0.188 e. The van der Waals surface area contributed by atoms with Crippen LogP contribution in [0.15, 0.2) is 41.6 Å². The molecule has 2 heterocycles. The summed E-state index contributed by atoms with van der Waals surface area (Å²) in [5.41, 5.74) is 7.82. The number of aromatic nitrogens is 1. The average Bonchev–Trinajstić information content (AvgIpc) is 2.89. The van der Waals surface area contributed by atoms with Gasteiger partial charge in [-0.1, -0.05) is 17.3 Å². The molecule has 3 rings (SSSR count). The van der Waals surface area contributed by atoms with E-state index < -0.39 is 0 Å². The SMILES string of the molecule is N/C(=N/O)c1cccc(N2CCc3ccc(F)cc32)n1. The van der Waals surface area contributed by atoms with Gasteiger partial charge in [-0.25, -0.2) is 9.37 Å². The maximum atomic E-state index is 13.4. The number of nitrogens with two attached hydrogens (primary N) is 1. The van der Waals surface area contributed by atoms with Crippen LogP contribution >= 0.6 is 0 Å². The van der Waals surface area contributed by atoms with Crippen molar-refractivity contribution >= 4 is 17.3 Å². The van der Waals surface area contributed by atoms with Gasteiger partial charge in [0.25, 0.3) is 0 Å². The molecule has 5 nitrogen and oxygen atoms in total. The van der Waals surface area contributed by atoms with Gasteiger partial charge in [0.2, 0.25) is 0 Å². The zero-order valence-electron chi connectivity index (χ0n) is 10.6. The molecule has 0 bridgehead atoms. The summed E-state index contributed by atoms with van der Waals surface area (Å²) < 4.78 is 13.4. The molecule has 0 fully saturated rings. The predicted molar refractivity (Wildman–Crippen MR) is 73.9 cm³/mol. The van der Waals surface area contributed by atoms with E-state index in [1.807, 2.05) is 11.0 Å². The first kappa shape index (κ1) is 12.4. The highest BCUT2D eigenvalue weighted by atomic mass is 19.1. The largest absolute Gasteiger partial charge is 0.409 e. The number of anilines is 2. The second-order valence-electron chi connectivity index (χ2n) is 4.54. The molecule has 6 heteroatoms. The molecule has 0 amide bonds. The van der Waals surface area contributed by atoms with Gasteiger partial charge in [0.15, 0.2) is 5.84 Å². The van der Waals surface area contributed by atoms with E-state index >= 15 is 0 Å². The summed E-state index contributed by atoms with van der Waals surface area (Å²) in [6.07, 6.45) is 0.838. The van der Waals surface area contributed by atoms with E-state index in [1.54, 1.807) is 18.2 Å². The number of pyridine rings is 1. The summed E-state index contributed by atoms with van der Waals surface area (Å²) in [5, 5.41) is 11.6. The standard InChI is InChI=1S/C14H13FN4O/c15-10-5-4-9-6-7-19(12(9)8-10)13-3-1-2-11(17-13)14(16)18-20/h1-5,8,20H,6-7H2,(H2,16,18). The Morgan fingerprint density at radius 2 is 2.20 bits per heavy atom. The lowest BCUT2D eigenvalue weighted by Gasteiger charge is -2.18. The van der Waals surface area contributed by atoms with Gasteiger partial charge < -0.3 is 15.8 Å². The second-order valence-corrected chi connectivity index (χ2v) is 4.54. The van der Waals surface area contributed by atoms with Crippen molar-refractivity contribution in [2.24, 2.45) is 10.9 Å². The first-order valence-electron chi connectivity index (χ1n) is 6.20. The van der Waals surface area contributed by atoms with E-state index in [9.17, 15) is 4.39 Å². The van der Waals surface area contributed by atoms with Gasteiger partial charge >= 0.3 is 0 Å². The van der Waals surface area contributed by atoms with E-state index in [0.29, 0.717) is 11.5 Å². The quantitative estimate of drug-likeness (QED) is 0.379. The third-order valence-corrected chi connectivity index (χ3v) is 3.32. The third-order valence-electron chi connectivity index (χ3n) is 3.32. The Bertz CT molecular complexity index is 687. The Morgan fingerprint density at radius 1 is 1.35 bits per heavy atom. The molecule has 1 aliphatic rings. The molecule has 0 saturated heterocycles. The van der Waals surface area contributed by atoms with Gasteiger partial charge in [0, 0.05) is 12.2 Å². The summed E-state index contributed by atoms with van der Waals surface area (Å²) in [5.74, 6) is 0.326. The molecular formula is C14H13FN4O. The number of amidine groups is 1. The van der Waals surface area contributed by atoms with Crippen LogP contribution in [0.25, 0.3) is 0 Å². The van der Waals surface area contributed by atoms with Crippen LogP contribution in [0.5, 0.6) is 0 Å². The van der Waals surface area contributed by atoms with Crippen molar-refractivity contribution in [3.8, 4) is 0 Å². The van der Waals surface area contributed by atoms with Crippen LogP contribution in [-0.2, 0) is 6.42 Å². The van der Waals surface area contributed by atoms with Crippen molar-refractivity contribution < 1.29 is 9.60 Å². The molecule has 1 aromatic carbocycles. The lowest BCUT2D eigenvalue weighted by atomic mass is 10.2. The van der Waals surface area contributed by atoms with Crippen molar-refractivity contribution in [1.82, 2.24) is 4.98 Å². The van der Waals surface area contributed by atoms with E-state index in [0.717, 1.165) is 24.2 Å². The number of oxime groups is 1. The van der Waals surface area contributed by atoms with Gasteiger partial charge in [-0.3, -0.25) is 0 Å². The summed E-state index contributed by atoms with van der Waals surface area (Å²) in [7, 11) is 0. The summed E-state index contributed by atoms with van der Waals surface area (Å²) in [6, 6.07) is 9.99. The van der Waals surface area contributed by atoms with Crippen molar-refractivity contribution in [1.29, 1.82) is 0 Å². The van der Waals surface area contributed by atoms with Crippen molar-refractivity contribution in [3.05, 3.63) is 53.5 Å².